The third-order valence-electron chi connectivity index (χ3n) is 2.99. The topological polar surface area (TPSA) is 26.3 Å². The van der Waals surface area contributed by atoms with E-state index in [1.54, 1.807) is 0 Å². The number of benzene rings is 1. The Bertz CT molecular complexity index is 365. The zero-order chi connectivity index (χ0) is 13.5. The Morgan fingerprint density at radius 2 is 1.78 bits per heavy atom. The Hall–Kier alpha value is -1.15. The second kappa shape index (κ2) is 7.32. The van der Waals surface area contributed by atoms with Gasteiger partial charge < -0.3 is 4.74 Å². The maximum Gasteiger partial charge on any atom is 0.188 e. The molecule has 0 saturated carbocycles. The Morgan fingerprint density at radius 1 is 1.17 bits per heavy atom. The van der Waals surface area contributed by atoms with Crippen molar-refractivity contribution in [2.75, 3.05) is 6.61 Å². The molecule has 1 aromatic carbocycles. The summed E-state index contributed by atoms with van der Waals surface area (Å²) in [6.07, 6.45) is 2.13. The van der Waals surface area contributed by atoms with Crippen LogP contribution in [0.1, 0.15) is 50.0 Å². The molecule has 0 fully saturated rings. The molecule has 0 aliphatic carbocycles. The quantitative estimate of drug-likeness (QED) is 0.684. The first kappa shape index (κ1) is 14.9. The fourth-order valence-electron chi connectivity index (χ4n) is 1.96. The molecule has 0 amide bonds. The van der Waals surface area contributed by atoms with E-state index in [1.807, 2.05) is 31.2 Å². The lowest BCUT2D eigenvalue weighted by Crippen LogP contribution is -2.17. The number of Topliss-reactive ketones (excluding diaryl/α,β-unsaturated/α-hetero) is 1. The van der Waals surface area contributed by atoms with Crippen LogP contribution in [0.2, 0.25) is 0 Å². The van der Waals surface area contributed by atoms with Crippen LogP contribution in [-0.2, 0) is 11.2 Å². The first-order valence-corrected chi connectivity index (χ1v) is 6.76. The highest BCUT2D eigenvalue weighted by Crippen LogP contribution is 2.10. The molecule has 0 aromatic heterocycles. The third kappa shape index (κ3) is 5.01. The molecule has 1 unspecified atom stereocenters. The van der Waals surface area contributed by atoms with Crippen molar-refractivity contribution in [2.45, 2.75) is 46.6 Å². The van der Waals surface area contributed by atoms with Crippen molar-refractivity contribution in [2.24, 2.45) is 5.92 Å². The molecule has 0 aliphatic heterocycles. The van der Waals surface area contributed by atoms with Crippen LogP contribution in [0.25, 0.3) is 0 Å². The standard InChI is InChI=1S/C16H24O2/c1-5-14-6-8-15(9-7-14)16(17)11-18-13(4)10-12(2)3/h6-9,12-13H,5,10-11H2,1-4H3. The van der Waals surface area contributed by atoms with Crippen LogP contribution in [0.4, 0.5) is 0 Å². The van der Waals surface area contributed by atoms with Gasteiger partial charge in [-0.25, -0.2) is 0 Å². The number of ether oxygens (including phenoxy) is 1. The van der Waals surface area contributed by atoms with Crippen molar-refractivity contribution in [3.8, 4) is 0 Å². The van der Waals surface area contributed by atoms with Gasteiger partial charge in [0.25, 0.3) is 0 Å². The minimum absolute atomic E-state index is 0.0632. The van der Waals surface area contributed by atoms with E-state index in [4.69, 9.17) is 4.74 Å². The Kier molecular flexibility index (Phi) is 6.06. The third-order valence-corrected chi connectivity index (χ3v) is 2.99. The van der Waals surface area contributed by atoms with Gasteiger partial charge in [-0.15, -0.1) is 0 Å². The van der Waals surface area contributed by atoms with Crippen LogP contribution in [0.15, 0.2) is 24.3 Å². The molecule has 0 saturated heterocycles. The largest absolute Gasteiger partial charge is 0.370 e. The molecule has 1 atom stereocenters. The highest BCUT2D eigenvalue weighted by molar-refractivity contribution is 5.97. The van der Waals surface area contributed by atoms with E-state index in [0.29, 0.717) is 5.92 Å². The highest BCUT2D eigenvalue weighted by atomic mass is 16.5. The molecule has 1 rings (SSSR count). The van der Waals surface area contributed by atoms with Gasteiger partial charge in [0.1, 0.15) is 6.61 Å². The molecule has 2 nitrogen and oxygen atoms in total. The summed E-state index contributed by atoms with van der Waals surface area (Å²) in [5, 5.41) is 0. The van der Waals surface area contributed by atoms with Gasteiger partial charge in [0, 0.05) is 5.56 Å². The van der Waals surface area contributed by atoms with Crippen molar-refractivity contribution in [3.05, 3.63) is 35.4 Å². The SMILES string of the molecule is CCc1ccc(C(=O)COC(C)CC(C)C)cc1. The van der Waals surface area contributed by atoms with E-state index >= 15 is 0 Å². The maximum atomic E-state index is 11.9. The summed E-state index contributed by atoms with van der Waals surface area (Å²) in [6.45, 7) is 8.62. The molecule has 0 aliphatic rings. The van der Waals surface area contributed by atoms with Gasteiger partial charge in [0.2, 0.25) is 0 Å². The highest BCUT2D eigenvalue weighted by Gasteiger charge is 2.10. The summed E-state index contributed by atoms with van der Waals surface area (Å²) < 4.78 is 5.58. The van der Waals surface area contributed by atoms with Crippen LogP contribution < -0.4 is 0 Å². The van der Waals surface area contributed by atoms with E-state index in [1.165, 1.54) is 5.56 Å². The first-order valence-electron chi connectivity index (χ1n) is 6.76. The van der Waals surface area contributed by atoms with Gasteiger partial charge in [-0.1, -0.05) is 45.0 Å². The lowest BCUT2D eigenvalue weighted by molar-refractivity contribution is 0.0445. The van der Waals surface area contributed by atoms with E-state index < -0.39 is 0 Å². The molecule has 1 aromatic rings. The molecular weight excluding hydrogens is 224 g/mol. The predicted molar refractivity (Wildman–Crippen MR) is 75.0 cm³/mol. The van der Waals surface area contributed by atoms with Crippen LogP contribution in [0, 0.1) is 5.92 Å². The number of carbonyl (C=O) groups excluding carboxylic acids is 1. The zero-order valence-corrected chi connectivity index (χ0v) is 11.9. The summed E-state index contributed by atoms with van der Waals surface area (Å²) in [6, 6.07) is 7.78. The normalized spacial score (nSPS) is 12.7. The van der Waals surface area contributed by atoms with Crippen LogP contribution in [0.5, 0.6) is 0 Å². The lowest BCUT2D eigenvalue weighted by atomic mass is 10.1. The van der Waals surface area contributed by atoms with Crippen molar-refractivity contribution < 1.29 is 9.53 Å². The average molecular weight is 248 g/mol. The monoisotopic (exact) mass is 248 g/mol. The minimum Gasteiger partial charge on any atom is -0.370 e. The smallest absolute Gasteiger partial charge is 0.188 e. The maximum absolute atomic E-state index is 11.9. The molecule has 0 N–H and O–H groups in total. The van der Waals surface area contributed by atoms with Crippen molar-refractivity contribution >= 4 is 5.78 Å². The Labute approximate surface area is 110 Å². The second-order valence-corrected chi connectivity index (χ2v) is 5.22. The van der Waals surface area contributed by atoms with E-state index in [0.717, 1.165) is 18.4 Å². The molecule has 0 bridgehead atoms. The molecular formula is C16H24O2. The van der Waals surface area contributed by atoms with Gasteiger partial charge in [0.05, 0.1) is 6.10 Å². The number of carbonyl (C=O) groups is 1. The van der Waals surface area contributed by atoms with Gasteiger partial charge in [-0.3, -0.25) is 4.79 Å². The predicted octanol–water partition coefficient (Wildman–Crippen LogP) is 3.88. The van der Waals surface area contributed by atoms with Crippen molar-refractivity contribution in [1.82, 2.24) is 0 Å². The van der Waals surface area contributed by atoms with Gasteiger partial charge in [-0.2, -0.15) is 0 Å². The van der Waals surface area contributed by atoms with Crippen LogP contribution in [-0.4, -0.2) is 18.5 Å². The fraction of sp³-hybridized carbons (Fsp3) is 0.562. The summed E-state index contributed by atoms with van der Waals surface area (Å²) in [7, 11) is 0. The second-order valence-electron chi connectivity index (χ2n) is 5.22. The van der Waals surface area contributed by atoms with Gasteiger partial charge in [0.15, 0.2) is 5.78 Å². The number of rotatable bonds is 7. The molecule has 0 spiro atoms. The van der Waals surface area contributed by atoms with Crippen LogP contribution >= 0.6 is 0 Å². The number of ketones is 1. The minimum atomic E-state index is 0.0632. The molecule has 2 heteroatoms. The van der Waals surface area contributed by atoms with Gasteiger partial charge >= 0.3 is 0 Å². The van der Waals surface area contributed by atoms with Crippen molar-refractivity contribution in [1.29, 1.82) is 0 Å². The van der Waals surface area contributed by atoms with E-state index in [9.17, 15) is 4.79 Å². The van der Waals surface area contributed by atoms with E-state index in [2.05, 4.69) is 20.8 Å². The average Bonchev–Trinajstić information content (AvgIpc) is 2.35. The molecule has 0 heterocycles. The Balaban J connectivity index is 2.44. The summed E-state index contributed by atoms with van der Waals surface area (Å²) in [5.41, 5.74) is 1.99. The fourth-order valence-corrected chi connectivity index (χ4v) is 1.96. The van der Waals surface area contributed by atoms with Gasteiger partial charge in [-0.05, 0) is 31.2 Å². The lowest BCUT2D eigenvalue weighted by Gasteiger charge is -2.14. The summed E-state index contributed by atoms with van der Waals surface area (Å²) in [4.78, 5) is 11.9. The summed E-state index contributed by atoms with van der Waals surface area (Å²) >= 11 is 0. The number of aryl methyl sites for hydroxylation is 1. The molecule has 18 heavy (non-hydrogen) atoms. The van der Waals surface area contributed by atoms with E-state index in [-0.39, 0.29) is 18.5 Å². The van der Waals surface area contributed by atoms with Crippen molar-refractivity contribution in [3.63, 3.8) is 0 Å². The van der Waals surface area contributed by atoms with Crippen LogP contribution in [0.3, 0.4) is 0 Å². The number of hydrogen-bond donors (Lipinski definition) is 0. The number of hydrogen-bond acceptors (Lipinski definition) is 2. The first-order chi connectivity index (χ1) is 8.52. The molecule has 100 valence electrons. The summed E-state index contributed by atoms with van der Waals surface area (Å²) in [5.74, 6) is 0.659. The Morgan fingerprint density at radius 3 is 2.28 bits per heavy atom. The zero-order valence-electron chi connectivity index (χ0n) is 11.9. The molecule has 0 radical (unpaired) electrons.